The third-order valence-electron chi connectivity index (χ3n) is 3.30. The summed E-state index contributed by atoms with van der Waals surface area (Å²) < 4.78 is 28.4. The second kappa shape index (κ2) is 8.37. The average Bonchev–Trinajstić information content (AvgIpc) is 2.63. The molecule has 0 aliphatic carbocycles. The van der Waals surface area contributed by atoms with E-state index in [9.17, 15) is 0 Å². The predicted octanol–water partition coefficient (Wildman–Crippen LogP) is 6.52. The van der Waals surface area contributed by atoms with E-state index in [4.69, 9.17) is 22.9 Å². The summed E-state index contributed by atoms with van der Waals surface area (Å²) in [6, 6.07) is 26.9. The van der Waals surface area contributed by atoms with E-state index < -0.39 is 7.74 Å². The minimum absolute atomic E-state index is 0. The molecule has 1 aliphatic rings. The van der Waals surface area contributed by atoms with Gasteiger partial charge in [-0.15, -0.1) is 0 Å². The van der Waals surface area contributed by atoms with E-state index in [2.05, 4.69) is 5.04 Å². The maximum absolute atomic E-state index is 5.95. The van der Waals surface area contributed by atoms with Crippen LogP contribution in [0.5, 0.6) is 17.2 Å². The molecule has 6 nitrogen and oxygen atoms in total. The number of hydrogen-bond donors (Lipinski definition) is 0. The molecule has 1 saturated heterocycles. The van der Waals surface area contributed by atoms with E-state index in [1.54, 1.807) is 36.4 Å². The molecule has 3 aromatic carbocycles. The molecule has 3 aromatic rings. The fourth-order valence-corrected chi connectivity index (χ4v) is 4.11. The molecule has 1 aliphatic heterocycles. The van der Waals surface area contributed by atoms with Crippen LogP contribution in [0, 0.1) is 0 Å². The maximum atomic E-state index is 5.95. The Morgan fingerprint density at radius 2 is 0.778 bits per heavy atom. The van der Waals surface area contributed by atoms with Gasteiger partial charge in [0.2, 0.25) is 0 Å². The normalized spacial score (nSPS) is 17.4. The SMILES string of the molecule is C.C.c1ccc(OP2(Oc3ccccc3)(Oc3ccccc3)OOO2)cc1. The van der Waals surface area contributed by atoms with Gasteiger partial charge in [0.05, 0.1) is 0 Å². The average molecular weight is 390 g/mol. The Labute approximate surface area is 159 Å². The Hall–Kier alpha value is -2.63. The van der Waals surface area contributed by atoms with Crippen molar-refractivity contribution < 1.29 is 28.0 Å². The van der Waals surface area contributed by atoms with Gasteiger partial charge in [0.1, 0.15) is 0 Å². The van der Waals surface area contributed by atoms with Crippen LogP contribution in [0.15, 0.2) is 91.0 Å². The Balaban J connectivity index is 0.00000131. The second-order valence-electron chi connectivity index (χ2n) is 5.18. The molecule has 0 bridgehead atoms. The fraction of sp³-hybridized carbons (Fsp3) is 0.100. The van der Waals surface area contributed by atoms with Gasteiger partial charge >= 0.3 is 144 Å². The molecule has 4 rings (SSSR count). The van der Waals surface area contributed by atoms with Crippen molar-refractivity contribution in [3.63, 3.8) is 0 Å². The summed E-state index contributed by atoms with van der Waals surface area (Å²) >= 11 is 0. The third-order valence-corrected chi connectivity index (χ3v) is 5.43. The van der Waals surface area contributed by atoms with Crippen molar-refractivity contribution in [1.82, 2.24) is 0 Å². The first-order chi connectivity index (χ1) is 12.3. The number of hydrogen-bond acceptors (Lipinski definition) is 6. The number of benzene rings is 3. The van der Waals surface area contributed by atoms with Crippen molar-refractivity contribution >= 4 is 7.74 Å². The molecule has 0 radical (unpaired) electrons. The quantitative estimate of drug-likeness (QED) is 0.353. The van der Waals surface area contributed by atoms with E-state index in [0.717, 1.165) is 0 Å². The van der Waals surface area contributed by atoms with Crippen LogP contribution in [0.3, 0.4) is 0 Å². The zero-order valence-electron chi connectivity index (χ0n) is 13.1. The molecule has 0 unspecified atom stereocenters. The monoisotopic (exact) mass is 390 g/mol. The molecule has 0 aromatic heterocycles. The first-order valence-corrected chi connectivity index (χ1v) is 9.42. The molecule has 7 heteroatoms. The van der Waals surface area contributed by atoms with Crippen molar-refractivity contribution in [3.8, 4) is 17.2 Å². The summed E-state index contributed by atoms with van der Waals surface area (Å²) in [6.07, 6.45) is 0. The van der Waals surface area contributed by atoms with E-state index in [1.165, 1.54) is 0 Å². The van der Waals surface area contributed by atoms with E-state index >= 15 is 0 Å². The zero-order chi connectivity index (χ0) is 17.0. The van der Waals surface area contributed by atoms with Gasteiger partial charge in [0, 0.05) is 0 Å². The molecule has 1 heterocycles. The Bertz CT molecular complexity index is 717. The molecule has 0 spiro atoms. The van der Waals surface area contributed by atoms with Crippen molar-refractivity contribution in [3.05, 3.63) is 91.0 Å². The molecule has 27 heavy (non-hydrogen) atoms. The van der Waals surface area contributed by atoms with Gasteiger partial charge in [-0.25, -0.2) is 0 Å². The van der Waals surface area contributed by atoms with Crippen LogP contribution in [0.1, 0.15) is 14.9 Å². The second-order valence-corrected chi connectivity index (χ2v) is 7.51. The summed E-state index contributed by atoms with van der Waals surface area (Å²) in [6.45, 7) is 0. The summed E-state index contributed by atoms with van der Waals surface area (Å²) in [5.41, 5.74) is 0. The van der Waals surface area contributed by atoms with Crippen molar-refractivity contribution in [1.29, 1.82) is 0 Å². The number of para-hydroxylation sites is 3. The van der Waals surface area contributed by atoms with Crippen LogP contribution in [-0.2, 0) is 14.4 Å². The van der Waals surface area contributed by atoms with Crippen LogP contribution < -0.4 is 13.6 Å². The van der Waals surface area contributed by atoms with Gasteiger partial charge in [-0.05, 0) is 0 Å². The van der Waals surface area contributed by atoms with Crippen LogP contribution in [0.25, 0.3) is 0 Å². The van der Waals surface area contributed by atoms with Gasteiger partial charge in [-0.1, -0.05) is 14.9 Å². The molecule has 144 valence electrons. The Morgan fingerprint density at radius 1 is 0.481 bits per heavy atom. The minimum atomic E-state index is -4.53. The van der Waals surface area contributed by atoms with Crippen LogP contribution >= 0.6 is 7.74 Å². The topological polar surface area (TPSA) is 55.4 Å². The van der Waals surface area contributed by atoms with Gasteiger partial charge < -0.3 is 0 Å². The van der Waals surface area contributed by atoms with Gasteiger partial charge in [-0.2, -0.15) is 0 Å². The third kappa shape index (κ3) is 4.38. The fourth-order valence-electron chi connectivity index (χ4n) is 2.21. The van der Waals surface area contributed by atoms with Crippen molar-refractivity contribution in [2.75, 3.05) is 0 Å². The molecule has 1 fully saturated rings. The Kier molecular flexibility index (Phi) is 6.41. The van der Waals surface area contributed by atoms with Gasteiger partial charge in [0.15, 0.2) is 0 Å². The summed E-state index contributed by atoms with van der Waals surface area (Å²) in [5, 5.41) is 4.54. The standard InChI is InChI=1S/C18H15O6P.2CH4/c1-4-10-16(11-5-1)19-25(23-22-24-25,20-17-12-6-2-7-13-17)21-18-14-8-3-9-15-18;;/h1-15H;2*1H4. The van der Waals surface area contributed by atoms with Crippen molar-refractivity contribution in [2.45, 2.75) is 14.9 Å². The van der Waals surface area contributed by atoms with Crippen molar-refractivity contribution in [2.24, 2.45) is 0 Å². The summed E-state index contributed by atoms with van der Waals surface area (Å²) in [7, 11) is -4.53. The van der Waals surface area contributed by atoms with Gasteiger partial charge in [0.25, 0.3) is 0 Å². The summed E-state index contributed by atoms with van der Waals surface area (Å²) in [5.74, 6) is 1.36. The Morgan fingerprint density at radius 3 is 1.00 bits per heavy atom. The predicted molar refractivity (Wildman–Crippen MR) is 105 cm³/mol. The molecule has 0 amide bonds. The molecular formula is C20H23O6P. The summed E-state index contributed by atoms with van der Waals surface area (Å²) in [4.78, 5) is 0. The first kappa shape index (κ1) is 20.7. The molecular weight excluding hydrogens is 367 g/mol. The molecule has 0 N–H and O–H groups in total. The first-order valence-electron chi connectivity index (χ1n) is 7.59. The van der Waals surface area contributed by atoms with Crippen LogP contribution in [-0.4, -0.2) is 0 Å². The van der Waals surface area contributed by atoms with E-state index in [1.807, 2.05) is 54.6 Å². The van der Waals surface area contributed by atoms with E-state index in [0.29, 0.717) is 17.2 Å². The zero-order valence-corrected chi connectivity index (χ0v) is 14.0. The molecule has 0 atom stereocenters. The number of rotatable bonds is 6. The van der Waals surface area contributed by atoms with Crippen LogP contribution in [0.2, 0.25) is 0 Å². The van der Waals surface area contributed by atoms with Crippen LogP contribution in [0.4, 0.5) is 0 Å². The van der Waals surface area contributed by atoms with E-state index in [-0.39, 0.29) is 14.9 Å². The molecule has 0 saturated carbocycles. The van der Waals surface area contributed by atoms with Gasteiger partial charge in [-0.3, -0.25) is 0 Å².